The highest BCUT2D eigenvalue weighted by molar-refractivity contribution is 5.97. The van der Waals surface area contributed by atoms with E-state index in [4.69, 9.17) is 14.1 Å². The summed E-state index contributed by atoms with van der Waals surface area (Å²) in [6, 6.07) is 15.8. The molecule has 9 nitrogen and oxygen atoms in total. The minimum absolute atomic E-state index is 0.464. The van der Waals surface area contributed by atoms with Crippen LogP contribution < -0.4 is 4.74 Å². The Morgan fingerprint density at radius 1 is 0.865 bits per heavy atom. The first-order valence-electron chi connectivity index (χ1n) is 11.6. The van der Waals surface area contributed by atoms with Gasteiger partial charge in [-0.25, -0.2) is 4.98 Å². The average molecular weight is 486 g/mol. The number of pyridine rings is 3. The monoisotopic (exact) mass is 485 g/mol. The summed E-state index contributed by atoms with van der Waals surface area (Å²) in [4.78, 5) is 21.5. The number of nitrogens with zero attached hydrogens (tertiary/aromatic N) is 5. The van der Waals surface area contributed by atoms with Gasteiger partial charge in [0.1, 0.15) is 23.6 Å². The Morgan fingerprint density at radius 3 is 2.68 bits per heavy atom. The van der Waals surface area contributed by atoms with Gasteiger partial charge in [0, 0.05) is 34.5 Å². The molecule has 0 fully saturated rings. The van der Waals surface area contributed by atoms with Gasteiger partial charge in [-0.2, -0.15) is 5.10 Å². The summed E-state index contributed by atoms with van der Waals surface area (Å²) >= 11 is 0. The molecule has 0 aliphatic heterocycles. The van der Waals surface area contributed by atoms with Crippen molar-refractivity contribution in [1.29, 1.82) is 0 Å². The lowest BCUT2D eigenvalue weighted by molar-refractivity contribution is 0.305. The van der Waals surface area contributed by atoms with Gasteiger partial charge in [0.25, 0.3) is 0 Å². The van der Waals surface area contributed by atoms with Gasteiger partial charge in [-0.05, 0) is 23.8 Å². The van der Waals surface area contributed by atoms with Crippen molar-refractivity contribution in [1.82, 2.24) is 35.1 Å². The normalized spacial score (nSPS) is 11.4. The standard InChI is InChI=1S/C28H19N7O2/c1-2-4-17(5-3-1)15-37-20-8-19(10-29-11-20)23-9-21-24(14-31-23)34-35-27(21)28-32-25-13-30-12-22(26(25)33-28)18-6-7-36-16-18/h1-14,16H,15H2,(H,32,33)(H,34,35). The molecule has 9 heteroatoms. The number of ether oxygens (including phenoxy) is 1. The fraction of sp³-hybridized carbons (Fsp3) is 0.0357. The zero-order valence-corrected chi connectivity index (χ0v) is 19.4. The molecule has 0 saturated carbocycles. The topological polar surface area (TPSA) is 118 Å². The highest BCUT2D eigenvalue weighted by Gasteiger charge is 2.17. The van der Waals surface area contributed by atoms with E-state index in [2.05, 4.69) is 30.1 Å². The Bertz CT molecular complexity index is 1840. The van der Waals surface area contributed by atoms with Gasteiger partial charge in [0.2, 0.25) is 0 Å². The van der Waals surface area contributed by atoms with Crippen molar-refractivity contribution < 1.29 is 9.15 Å². The molecule has 0 atom stereocenters. The molecule has 0 aliphatic carbocycles. The van der Waals surface area contributed by atoms with Gasteiger partial charge in [0.05, 0.1) is 47.8 Å². The smallest absolute Gasteiger partial charge is 0.159 e. The van der Waals surface area contributed by atoms with E-state index in [0.717, 1.165) is 49.9 Å². The van der Waals surface area contributed by atoms with Gasteiger partial charge in [0.15, 0.2) is 5.82 Å². The summed E-state index contributed by atoms with van der Waals surface area (Å²) in [5.41, 5.74) is 7.59. The number of furan rings is 1. The van der Waals surface area contributed by atoms with E-state index in [1.165, 1.54) is 0 Å². The molecule has 0 spiro atoms. The molecule has 178 valence electrons. The van der Waals surface area contributed by atoms with Gasteiger partial charge in [-0.3, -0.25) is 20.1 Å². The number of H-pyrrole nitrogens is 2. The van der Waals surface area contributed by atoms with Crippen LogP contribution in [0.3, 0.4) is 0 Å². The van der Waals surface area contributed by atoms with Gasteiger partial charge in [-0.1, -0.05) is 30.3 Å². The third-order valence-corrected chi connectivity index (χ3v) is 6.16. The molecule has 37 heavy (non-hydrogen) atoms. The van der Waals surface area contributed by atoms with Crippen molar-refractivity contribution >= 4 is 21.9 Å². The number of nitrogens with one attached hydrogen (secondary N) is 2. The molecule has 0 bridgehead atoms. The summed E-state index contributed by atoms with van der Waals surface area (Å²) in [7, 11) is 0. The largest absolute Gasteiger partial charge is 0.487 e. The van der Waals surface area contributed by atoms with E-state index in [1.54, 1.807) is 43.5 Å². The summed E-state index contributed by atoms with van der Waals surface area (Å²) in [6.45, 7) is 0.464. The van der Waals surface area contributed by atoms with Crippen molar-refractivity contribution in [2.24, 2.45) is 0 Å². The number of rotatable bonds is 6. The average Bonchev–Trinajstić information content (AvgIpc) is 3.71. The van der Waals surface area contributed by atoms with Crippen LogP contribution in [-0.4, -0.2) is 35.1 Å². The number of benzene rings is 1. The van der Waals surface area contributed by atoms with Crippen LogP contribution in [0.1, 0.15) is 5.56 Å². The Balaban J connectivity index is 1.24. The van der Waals surface area contributed by atoms with Crippen LogP contribution >= 0.6 is 0 Å². The molecule has 6 heterocycles. The van der Waals surface area contributed by atoms with E-state index in [0.29, 0.717) is 23.9 Å². The predicted molar refractivity (Wildman–Crippen MR) is 138 cm³/mol. The van der Waals surface area contributed by atoms with Crippen LogP contribution in [0.15, 0.2) is 96.5 Å². The lowest BCUT2D eigenvalue weighted by Crippen LogP contribution is -1.96. The number of imidazole rings is 1. The Morgan fingerprint density at radius 2 is 1.78 bits per heavy atom. The van der Waals surface area contributed by atoms with Crippen LogP contribution in [0.25, 0.3) is 55.8 Å². The van der Waals surface area contributed by atoms with E-state index >= 15 is 0 Å². The minimum atomic E-state index is 0.464. The minimum Gasteiger partial charge on any atom is -0.487 e. The first-order valence-corrected chi connectivity index (χ1v) is 11.6. The van der Waals surface area contributed by atoms with E-state index in [-0.39, 0.29) is 0 Å². The highest BCUT2D eigenvalue weighted by Crippen LogP contribution is 2.32. The number of fused-ring (bicyclic) bond motifs is 2. The highest BCUT2D eigenvalue weighted by atomic mass is 16.5. The molecule has 0 aliphatic rings. The second-order valence-corrected chi connectivity index (χ2v) is 8.55. The van der Waals surface area contributed by atoms with Crippen molar-refractivity contribution in [3.05, 3.63) is 97.6 Å². The first-order chi connectivity index (χ1) is 18.3. The molecule has 0 saturated heterocycles. The van der Waals surface area contributed by atoms with Crippen molar-refractivity contribution in [2.45, 2.75) is 6.61 Å². The number of hydrogen-bond donors (Lipinski definition) is 2. The Kier molecular flexibility index (Phi) is 4.95. The Labute approximate surface area is 210 Å². The number of aromatic nitrogens is 7. The fourth-order valence-corrected chi connectivity index (χ4v) is 4.31. The molecular weight excluding hydrogens is 466 g/mol. The van der Waals surface area contributed by atoms with Crippen LogP contribution in [0, 0.1) is 0 Å². The lowest BCUT2D eigenvalue weighted by atomic mass is 10.1. The maximum Gasteiger partial charge on any atom is 0.159 e. The van der Waals surface area contributed by atoms with Crippen molar-refractivity contribution in [3.8, 4) is 39.7 Å². The summed E-state index contributed by atoms with van der Waals surface area (Å²) in [5, 5.41) is 8.48. The molecule has 1 aromatic carbocycles. The summed E-state index contributed by atoms with van der Waals surface area (Å²) in [5.74, 6) is 1.31. The number of aromatic amines is 2. The third-order valence-electron chi connectivity index (χ3n) is 6.16. The van der Waals surface area contributed by atoms with Crippen LogP contribution in [-0.2, 0) is 6.61 Å². The maximum atomic E-state index is 5.96. The molecule has 0 radical (unpaired) electrons. The van der Waals surface area contributed by atoms with Gasteiger partial charge < -0.3 is 14.1 Å². The fourth-order valence-electron chi connectivity index (χ4n) is 4.31. The van der Waals surface area contributed by atoms with Gasteiger partial charge >= 0.3 is 0 Å². The predicted octanol–water partition coefficient (Wildman–Crippen LogP) is 5.80. The maximum absolute atomic E-state index is 5.96. The second kappa shape index (κ2) is 8.72. The molecule has 7 aromatic rings. The zero-order chi connectivity index (χ0) is 24.6. The second-order valence-electron chi connectivity index (χ2n) is 8.55. The molecule has 0 amide bonds. The molecular formula is C28H19N7O2. The third kappa shape index (κ3) is 3.88. The summed E-state index contributed by atoms with van der Waals surface area (Å²) < 4.78 is 11.2. The Hall–Kier alpha value is -5.31. The molecule has 6 aromatic heterocycles. The van der Waals surface area contributed by atoms with E-state index < -0.39 is 0 Å². The van der Waals surface area contributed by atoms with Gasteiger partial charge in [-0.15, -0.1) is 0 Å². The quantitative estimate of drug-likeness (QED) is 0.306. The molecule has 0 unspecified atom stereocenters. The first kappa shape index (κ1) is 21.0. The van der Waals surface area contributed by atoms with Crippen LogP contribution in [0.5, 0.6) is 5.75 Å². The number of hydrogen-bond acceptors (Lipinski definition) is 7. The SMILES string of the molecule is c1ccc(COc2cncc(-c3cc4c(-c5nc6c(-c7ccoc7)cncc6[nH]5)n[nH]c4cn3)c2)cc1. The molecule has 2 N–H and O–H groups in total. The van der Waals surface area contributed by atoms with Crippen molar-refractivity contribution in [3.63, 3.8) is 0 Å². The summed E-state index contributed by atoms with van der Waals surface area (Å²) in [6.07, 6.45) is 12.1. The molecule has 7 rings (SSSR count). The van der Waals surface area contributed by atoms with Crippen molar-refractivity contribution in [2.75, 3.05) is 0 Å². The van der Waals surface area contributed by atoms with E-state index in [1.807, 2.05) is 48.5 Å². The zero-order valence-electron chi connectivity index (χ0n) is 19.4. The van der Waals surface area contributed by atoms with Crippen LogP contribution in [0.4, 0.5) is 0 Å². The van der Waals surface area contributed by atoms with Crippen LogP contribution in [0.2, 0.25) is 0 Å². The lowest BCUT2D eigenvalue weighted by Gasteiger charge is -2.08. The van der Waals surface area contributed by atoms with E-state index in [9.17, 15) is 0 Å².